The first-order valence-corrected chi connectivity index (χ1v) is 13.4. The summed E-state index contributed by atoms with van der Waals surface area (Å²) < 4.78 is 6.27. The fourth-order valence-electron chi connectivity index (χ4n) is 4.03. The second-order valence-corrected chi connectivity index (χ2v) is 9.53. The molecule has 2 unspecified atom stereocenters. The number of hydrogen-bond acceptors (Lipinski definition) is 6. The number of aromatic nitrogens is 1. The maximum atomic E-state index is 13.8. The number of carbonyl (C=O) groups is 1. The highest BCUT2D eigenvalue weighted by Gasteiger charge is 2.24. The van der Waals surface area contributed by atoms with E-state index < -0.39 is 6.10 Å². The van der Waals surface area contributed by atoms with E-state index in [-0.39, 0.29) is 11.9 Å². The Bertz CT molecular complexity index is 1250. The van der Waals surface area contributed by atoms with Gasteiger partial charge in [0.25, 0.3) is 5.91 Å². The largest absolute Gasteiger partial charge is 0.463 e. The molecule has 0 fully saturated rings. The molecule has 0 radical (unpaired) electrons. The molecule has 1 amide bonds. The average molecular weight is 527 g/mol. The van der Waals surface area contributed by atoms with E-state index in [4.69, 9.17) is 15.5 Å². The van der Waals surface area contributed by atoms with Crippen LogP contribution in [0.25, 0.3) is 11.3 Å². The highest BCUT2D eigenvalue weighted by Crippen LogP contribution is 2.28. The summed E-state index contributed by atoms with van der Waals surface area (Å²) in [6, 6.07) is 33.5. The smallest absolute Gasteiger partial charge is 0.264 e. The van der Waals surface area contributed by atoms with E-state index in [0.29, 0.717) is 37.0 Å². The molecule has 0 aliphatic heterocycles. The summed E-state index contributed by atoms with van der Waals surface area (Å²) in [7, 11) is 0. The van der Waals surface area contributed by atoms with Crippen LogP contribution in [-0.2, 0) is 17.9 Å². The van der Waals surface area contributed by atoms with E-state index in [2.05, 4.69) is 17.9 Å². The molecule has 0 aliphatic carbocycles. The van der Waals surface area contributed by atoms with Gasteiger partial charge in [-0.05, 0) is 30.2 Å². The van der Waals surface area contributed by atoms with Gasteiger partial charge in [0.2, 0.25) is 5.88 Å². The van der Waals surface area contributed by atoms with Gasteiger partial charge < -0.3 is 20.7 Å². The SMILES string of the molecule is CC(Oc1nc(-c2ccccc2)ccc1NCC(N)CS)C(=O)N(Cc1ccccc1)Cc1ccccc1. The monoisotopic (exact) mass is 526 g/mol. The van der Waals surface area contributed by atoms with E-state index in [1.807, 2.05) is 108 Å². The summed E-state index contributed by atoms with van der Waals surface area (Å²) in [5.74, 6) is 0.780. The van der Waals surface area contributed by atoms with Crippen LogP contribution in [0.2, 0.25) is 0 Å². The number of nitrogens with zero attached hydrogens (tertiary/aromatic N) is 2. The molecule has 6 nitrogen and oxygen atoms in total. The standard InChI is InChI=1S/C31H34N4O2S/c1-23(31(36)35(20-24-11-5-2-6-12-24)21-25-13-7-3-8-14-25)37-30-29(33-19-27(32)22-38)18-17-28(34-30)26-15-9-4-10-16-26/h2-18,23,27,33,38H,19-22,32H2,1H3. The van der Waals surface area contributed by atoms with E-state index in [1.54, 1.807) is 6.92 Å². The van der Waals surface area contributed by atoms with Crippen LogP contribution in [0, 0.1) is 0 Å². The van der Waals surface area contributed by atoms with Crippen molar-refractivity contribution < 1.29 is 9.53 Å². The maximum absolute atomic E-state index is 13.8. The molecule has 196 valence electrons. The molecular weight excluding hydrogens is 492 g/mol. The predicted octanol–water partition coefficient (Wildman–Crippen LogP) is 5.41. The number of anilines is 1. The number of rotatable bonds is 12. The number of benzene rings is 3. The molecule has 0 aliphatic rings. The number of ether oxygens (including phenoxy) is 1. The van der Waals surface area contributed by atoms with Crippen molar-refractivity contribution in [1.29, 1.82) is 0 Å². The minimum absolute atomic E-state index is 0.123. The molecule has 7 heteroatoms. The molecule has 3 N–H and O–H groups in total. The Morgan fingerprint density at radius 2 is 1.45 bits per heavy atom. The summed E-state index contributed by atoms with van der Waals surface area (Å²) in [5, 5.41) is 3.31. The summed E-state index contributed by atoms with van der Waals surface area (Å²) in [5.41, 5.74) is 10.6. The van der Waals surface area contributed by atoms with Crippen LogP contribution in [0.15, 0.2) is 103 Å². The molecule has 0 saturated carbocycles. The van der Waals surface area contributed by atoms with Crippen LogP contribution in [0.4, 0.5) is 5.69 Å². The van der Waals surface area contributed by atoms with Gasteiger partial charge in [0.05, 0.1) is 11.4 Å². The quantitative estimate of drug-likeness (QED) is 0.215. The van der Waals surface area contributed by atoms with Crippen molar-refractivity contribution >= 4 is 24.2 Å². The normalized spacial score (nSPS) is 12.4. The van der Waals surface area contributed by atoms with Gasteiger partial charge in [-0.3, -0.25) is 4.79 Å². The number of pyridine rings is 1. The second-order valence-electron chi connectivity index (χ2n) is 9.16. The molecule has 4 rings (SSSR count). The number of hydrogen-bond donors (Lipinski definition) is 3. The van der Waals surface area contributed by atoms with Crippen LogP contribution >= 0.6 is 12.6 Å². The van der Waals surface area contributed by atoms with Gasteiger partial charge in [-0.25, -0.2) is 4.98 Å². The van der Waals surface area contributed by atoms with Gasteiger partial charge in [0, 0.05) is 37.0 Å². The second kappa shape index (κ2) is 13.7. The minimum Gasteiger partial charge on any atom is -0.463 e. The third-order valence-corrected chi connectivity index (χ3v) is 6.57. The molecule has 0 bridgehead atoms. The van der Waals surface area contributed by atoms with Crippen LogP contribution in [0.3, 0.4) is 0 Å². The summed E-state index contributed by atoms with van der Waals surface area (Å²) in [6.45, 7) is 3.22. The van der Waals surface area contributed by atoms with Gasteiger partial charge in [0.15, 0.2) is 6.10 Å². The lowest BCUT2D eigenvalue weighted by atomic mass is 10.1. The van der Waals surface area contributed by atoms with E-state index in [9.17, 15) is 4.79 Å². The van der Waals surface area contributed by atoms with Crippen molar-refractivity contribution in [1.82, 2.24) is 9.88 Å². The number of carbonyl (C=O) groups excluding carboxylic acids is 1. The van der Waals surface area contributed by atoms with Crippen LogP contribution in [0.1, 0.15) is 18.1 Å². The predicted molar refractivity (Wildman–Crippen MR) is 157 cm³/mol. The topological polar surface area (TPSA) is 80.5 Å². The van der Waals surface area contributed by atoms with Gasteiger partial charge in [-0.2, -0.15) is 12.6 Å². The van der Waals surface area contributed by atoms with E-state index in [0.717, 1.165) is 22.4 Å². The molecule has 0 spiro atoms. The number of nitrogens with two attached hydrogens (primary N) is 1. The molecular formula is C31H34N4O2S. The Kier molecular flexibility index (Phi) is 9.78. The van der Waals surface area contributed by atoms with Crippen molar-refractivity contribution in [3.8, 4) is 17.1 Å². The Labute approximate surface area is 230 Å². The maximum Gasteiger partial charge on any atom is 0.264 e. The molecule has 0 saturated heterocycles. The zero-order chi connectivity index (χ0) is 26.7. The molecule has 1 aromatic heterocycles. The fourth-order valence-corrected chi connectivity index (χ4v) is 4.16. The van der Waals surface area contributed by atoms with Gasteiger partial charge in [-0.15, -0.1) is 0 Å². The van der Waals surface area contributed by atoms with Crippen molar-refractivity contribution in [3.05, 3.63) is 114 Å². The van der Waals surface area contributed by atoms with Crippen LogP contribution < -0.4 is 15.8 Å². The lowest BCUT2D eigenvalue weighted by molar-refractivity contribution is -0.139. The Balaban J connectivity index is 1.59. The molecule has 4 aromatic rings. The Morgan fingerprint density at radius 1 is 0.895 bits per heavy atom. The number of amides is 1. The fraction of sp³-hybridized carbons (Fsp3) is 0.226. The number of nitrogens with one attached hydrogen (secondary N) is 1. The minimum atomic E-state index is -0.764. The average Bonchev–Trinajstić information content (AvgIpc) is 2.97. The molecule has 38 heavy (non-hydrogen) atoms. The van der Waals surface area contributed by atoms with Crippen LogP contribution in [0.5, 0.6) is 5.88 Å². The molecule has 2 atom stereocenters. The van der Waals surface area contributed by atoms with Gasteiger partial charge in [0.1, 0.15) is 0 Å². The first-order chi connectivity index (χ1) is 18.5. The van der Waals surface area contributed by atoms with Crippen molar-refractivity contribution in [2.45, 2.75) is 32.2 Å². The Hall–Kier alpha value is -3.81. The zero-order valence-electron chi connectivity index (χ0n) is 21.5. The first kappa shape index (κ1) is 27.2. The van der Waals surface area contributed by atoms with E-state index >= 15 is 0 Å². The number of thiol groups is 1. The summed E-state index contributed by atoms with van der Waals surface area (Å²) >= 11 is 4.28. The molecule has 1 heterocycles. The highest BCUT2D eigenvalue weighted by molar-refractivity contribution is 7.80. The van der Waals surface area contributed by atoms with Crippen molar-refractivity contribution in [2.24, 2.45) is 5.73 Å². The van der Waals surface area contributed by atoms with Crippen molar-refractivity contribution in [3.63, 3.8) is 0 Å². The summed E-state index contributed by atoms with van der Waals surface area (Å²) in [4.78, 5) is 20.4. The van der Waals surface area contributed by atoms with E-state index in [1.165, 1.54) is 0 Å². The zero-order valence-corrected chi connectivity index (χ0v) is 22.4. The van der Waals surface area contributed by atoms with Crippen LogP contribution in [-0.4, -0.2) is 40.2 Å². The third kappa shape index (κ3) is 7.60. The third-order valence-electron chi connectivity index (χ3n) is 6.10. The lowest BCUT2D eigenvalue weighted by Crippen LogP contribution is -2.40. The Morgan fingerprint density at radius 3 is 2.00 bits per heavy atom. The molecule has 3 aromatic carbocycles. The van der Waals surface area contributed by atoms with Crippen molar-refractivity contribution in [2.75, 3.05) is 17.6 Å². The highest BCUT2D eigenvalue weighted by atomic mass is 32.1. The van der Waals surface area contributed by atoms with Gasteiger partial charge >= 0.3 is 0 Å². The lowest BCUT2D eigenvalue weighted by Gasteiger charge is -2.27. The van der Waals surface area contributed by atoms with Gasteiger partial charge in [-0.1, -0.05) is 91.0 Å². The first-order valence-electron chi connectivity index (χ1n) is 12.7. The summed E-state index contributed by atoms with van der Waals surface area (Å²) in [6.07, 6.45) is -0.764.